The van der Waals surface area contributed by atoms with E-state index in [-0.39, 0.29) is 23.8 Å². The number of ether oxygens (including phenoxy) is 1. The molecular formula is C30H35N5O3S. The molecule has 2 atom stereocenters. The van der Waals surface area contributed by atoms with Crippen molar-refractivity contribution < 1.29 is 14.3 Å². The van der Waals surface area contributed by atoms with Crippen LogP contribution in [0.1, 0.15) is 91.8 Å². The van der Waals surface area contributed by atoms with Gasteiger partial charge in [0.05, 0.1) is 22.9 Å². The fourth-order valence-electron chi connectivity index (χ4n) is 5.63. The molecule has 39 heavy (non-hydrogen) atoms. The van der Waals surface area contributed by atoms with Gasteiger partial charge in [-0.05, 0) is 50.5 Å². The molecule has 1 fully saturated rings. The SMILES string of the molecule is CCC1(CC)CC(=O)N([C@@H](c2cccc(C(=O)N[C@@H]3CC(C)(C)Oc4ccccc43)c2)c2cncs2)C(=N)N1. The molecule has 0 spiro atoms. The molecule has 0 aliphatic carbocycles. The van der Waals surface area contributed by atoms with Crippen molar-refractivity contribution in [2.75, 3.05) is 0 Å². The molecule has 3 N–H and O–H groups in total. The molecule has 9 heteroatoms. The third-order valence-corrected chi connectivity index (χ3v) is 8.69. The van der Waals surface area contributed by atoms with E-state index in [9.17, 15) is 9.59 Å². The third-order valence-electron chi connectivity index (χ3n) is 7.86. The molecule has 2 aliphatic heterocycles. The molecule has 5 rings (SSSR count). The van der Waals surface area contributed by atoms with Crippen LogP contribution >= 0.6 is 11.3 Å². The first-order chi connectivity index (χ1) is 18.6. The second-order valence-corrected chi connectivity index (χ2v) is 11.9. The number of nitrogens with zero attached hydrogens (tertiary/aromatic N) is 2. The van der Waals surface area contributed by atoms with Gasteiger partial charge in [0.1, 0.15) is 17.4 Å². The smallest absolute Gasteiger partial charge is 0.251 e. The van der Waals surface area contributed by atoms with Crippen LogP contribution < -0.4 is 15.4 Å². The minimum atomic E-state index is -0.563. The standard InChI is InChI=1S/C30H35N5O3S/c1-5-30(6-2)16-25(36)35(28(31)34-30)26(24-17-32-18-39-24)19-10-9-11-20(14-19)27(37)33-22-15-29(3,4)38-23-13-8-7-12-21(22)23/h7-14,17-18,22,26H,5-6,15-16H2,1-4H3,(H2,31,34)(H,33,37)/t22-,26+/m1/s1. The molecule has 2 amide bonds. The molecule has 8 nitrogen and oxygen atoms in total. The molecule has 0 saturated carbocycles. The van der Waals surface area contributed by atoms with Crippen molar-refractivity contribution in [1.29, 1.82) is 5.41 Å². The Labute approximate surface area is 233 Å². The summed E-state index contributed by atoms with van der Waals surface area (Å²) in [4.78, 5) is 33.7. The van der Waals surface area contributed by atoms with Gasteiger partial charge in [-0.15, -0.1) is 11.3 Å². The highest BCUT2D eigenvalue weighted by molar-refractivity contribution is 7.09. The van der Waals surface area contributed by atoms with Crippen LogP contribution in [0.15, 0.2) is 60.2 Å². The first kappa shape index (κ1) is 26.9. The lowest BCUT2D eigenvalue weighted by molar-refractivity contribution is -0.132. The summed E-state index contributed by atoms with van der Waals surface area (Å²) in [6.45, 7) is 8.11. The summed E-state index contributed by atoms with van der Waals surface area (Å²) in [5, 5.41) is 15.3. The number of carbonyl (C=O) groups excluding carboxylic acids is 2. The van der Waals surface area contributed by atoms with Gasteiger partial charge in [0.2, 0.25) is 5.91 Å². The summed E-state index contributed by atoms with van der Waals surface area (Å²) < 4.78 is 6.13. The number of hydrogen-bond donors (Lipinski definition) is 3. The second-order valence-electron chi connectivity index (χ2n) is 11.0. The van der Waals surface area contributed by atoms with Crippen molar-refractivity contribution >= 4 is 29.1 Å². The quantitative estimate of drug-likeness (QED) is 0.359. The van der Waals surface area contributed by atoms with Crippen molar-refractivity contribution in [2.24, 2.45) is 0 Å². The molecule has 3 heterocycles. The summed E-state index contributed by atoms with van der Waals surface area (Å²) >= 11 is 1.43. The normalized spacial score (nSPS) is 20.4. The van der Waals surface area contributed by atoms with Crippen molar-refractivity contribution in [3.8, 4) is 5.75 Å². The number of amides is 2. The predicted molar refractivity (Wildman–Crippen MR) is 152 cm³/mol. The number of fused-ring (bicyclic) bond motifs is 1. The highest BCUT2D eigenvalue weighted by Gasteiger charge is 2.43. The van der Waals surface area contributed by atoms with E-state index in [0.29, 0.717) is 18.4 Å². The van der Waals surface area contributed by atoms with E-state index in [1.54, 1.807) is 17.8 Å². The van der Waals surface area contributed by atoms with Gasteiger partial charge in [-0.25, -0.2) is 0 Å². The first-order valence-electron chi connectivity index (χ1n) is 13.4. The number of thiazole rings is 1. The zero-order valence-electron chi connectivity index (χ0n) is 22.8. The lowest BCUT2D eigenvalue weighted by Crippen LogP contribution is -2.62. The Morgan fingerprint density at radius 2 is 2.00 bits per heavy atom. The Balaban J connectivity index is 1.45. The average molecular weight is 546 g/mol. The topological polar surface area (TPSA) is 107 Å². The number of aromatic nitrogens is 1. The zero-order valence-corrected chi connectivity index (χ0v) is 23.6. The molecule has 2 aliphatic rings. The van der Waals surface area contributed by atoms with Crippen molar-refractivity contribution in [1.82, 2.24) is 20.5 Å². The molecule has 1 aromatic heterocycles. The number of guanidine groups is 1. The highest BCUT2D eigenvalue weighted by atomic mass is 32.1. The minimum absolute atomic E-state index is 0.0734. The van der Waals surface area contributed by atoms with Crippen LogP contribution in [0, 0.1) is 5.41 Å². The number of carbonyl (C=O) groups is 2. The number of nitrogens with one attached hydrogen (secondary N) is 3. The maximum atomic E-state index is 13.6. The van der Waals surface area contributed by atoms with Gasteiger partial charge in [-0.3, -0.25) is 24.9 Å². The van der Waals surface area contributed by atoms with Gasteiger partial charge in [0.15, 0.2) is 5.96 Å². The van der Waals surface area contributed by atoms with E-state index >= 15 is 0 Å². The summed E-state index contributed by atoms with van der Waals surface area (Å²) in [7, 11) is 0. The number of benzene rings is 2. The molecule has 2 aromatic carbocycles. The van der Waals surface area contributed by atoms with E-state index < -0.39 is 17.2 Å². The van der Waals surface area contributed by atoms with Gasteiger partial charge < -0.3 is 15.4 Å². The van der Waals surface area contributed by atoms with Crippen molar-refractivity contribution in [3.63, 3.8) is 0 Å². The van der Waals surface area contributed by atoms with Gasteiger partial charge >= 0.3 is 0 Å². The van der Waals surface area contributed by atoms with Crippen LogP contribution in [-0.2, 0) is 4.79 Å². The van der Waals surface area contributed by atoms with Crippen molar-refractivity contribution in [3.05, 3.63) is 81.8 Å². The fraction of sp³-hybridized carbons (Fsp3) is 0.400. The molecule has 1 saturated heterocycles. The Morgan fingerprint density at radius 3 is 2.69 bits per heavy atom. The summed E-state index contributed by atoms with van der Waals surface area (Å²) in [6, 6.07) is 14.4. The molecule has 0 radical (unpaired) electrons. The predicted octanol–water partition coefficient (Wildman–Crippen LogP) is 5.58. The molecular weight excluding hydrogens is 510 g/mol. The van der Waals surface area contributed by atoms with E-state index in [1.165, 1.54) is 16.2 Å². The average Bonchev–Trinajstić information content (AvgIpc) is 3.44. The lowest BCUT2D eigenvalue weighted by Gasteiger charge is -2.44. The third kappa shape index (κ3) is 5.28. The van der Waals surface area contributed by atoms with Crippen LogP contribution in [0.5, 0.6) is 5.75 Å². The molecule has 3 aromatic rings. The number of hydrogen-bond acceptors (Lipinski definition) is 6. The Kier molecular flexibility index (Phi) is 7.20. The maximum absolute atomic E-state index is 13.6. The van der Waals surface area contributed by atoms with Crippen LogP contribution in [0.2, 0.25) is 0 Å². The van der Waals surface area contributed by atoms with E-state index in [2.05, 4.69) is 15.6 Å². The van der Waals surface area contributed by atoms with Gasteiger partial charge in [-0.2, -0.15) is 0 Å². The van der Waals surface area contributed by atoms with E-state index in [4.69, 9.17) is 10.1 Å². The lowest BCUT2D eigenvalue weighted by atomic mass is 9.86. The highest BCUT2D eigenvalue weighted by Crippen LogP contribution is 2.40. The summed E-state index contributed by atoms with van der Waals surface area (Å²) in [5.74, 6) is 0.537. The van der Waals surface area contributed by atoms with Gasteiger partial charge in [0, 0.05) is 29.3 Å². The first-order valence-corrected chi connectivity index (χ1v) is 14.3. The van der Waals surface area contributed by atoms with Crippen LogP contribution in [0.3, 0.4) is 0 Å². The van der Waals surface area contributed by atoms with E-state index in [0.717, 1.165) is 34.6 Å². The molecule has 204 valence electrons. The monoisotopic (exact) mass is 545 g/mol. The fourth-order valence-corrected chi connectivity index (χ4v) is 6.36. The largest absolute Gasteiger partial charge is 0.487 e. The van der Waals surface area contributed by atoms with Gasteiger partial charge in [0.25, 0.3) is 5.91 Å². The van der Waals surface area contributed by atoms with Crippen molar-refractivity contribution in [2.45, 2.75) is 76.6 Å². The maximum Gasteiger partial charge on any atom is 0.251 e. The second kappa shape index (κ2) is 10.4. The van der Waals surface area contributed by atoms with Gasteiger partial charge in [-0.1, -0.05) is 44.2 Å². The summed E-state index contributed by atoms with van der Waals surface area (Å²) in [6.07, 6.45) is 4.17. The summed E-state index contributed by atoms with van der Waals surface area (Å²) in [5.41, 5.74) is 3.08. The van der Waals surface area contributed by atoms with Crippen LogP contribution in [0.25, 0.3) is 0 Å². The Bertz CT molecular complexity index is 1360. The van der Waals surface area contributed by atoms with E-state index in [1.807, 2.05) is 70.2 Å². The molecule has 0 bridgehead atoms. The minimum Gasteiger partial charge on any atom is -0.487 e. The Hall–Kier alpha value is -3.72. The van der Waals surface area contributed by atoms with Crippen LogP contribution in [0.4, 0.5) is 0 Å². The zero-order chi connectivity index (χ0) is 27.8. The molecule has 0 unspecified atom stereocenters. The number of para-hydroxylation sites is 1. The number of rotatable bonds is 7. The van der Waals surface area contributed by atoms with Crippen LogP contribution in [-0.4, -0.2) is 38.8 Å². The Morgan fingerprint density at radius 1 is 1.23 bits per heavy atom.